The highest BCUT2D eigenvalue weighted by Gasteiger charge is 2.84. The van der Waals surface area contributed by atoms with Crippen LogP contribution in [0.3, 0.4) is 0 Å². The lowest BCUT2D eigenvalue weighted by molar-refractivity contribution is -0.269. The van der Waals surface area contributed by atoms with Crippen molar-refractivity contribution in [1.29, 1.82) is 0 Å². The van der Waals surface area contributed by atoms with Crippen LogP contribution < -0.4 is 0 Å². The van der Waals surface area contributed by atoms with Crippen molar-refractivity contribution in [3.8, 4) is 0 Å². The van der Waals surface area contributed by atoms with Gasteiger partial charge in [-0.3, -0.25) is 4.55 Å². The molecule has 13 heteroatoms. The van der Waals surface area contributed by atoms with Crippen LogP contribution in [0.2, 0.25) is 0 Å². The van der Waals surface area contributed by atoms with E-state index in [1.54, 1.807) is 0 Å². The van der Waals surface area contributed by atoms with Crippen LogP contribution in [0.4, 0.5) is 26.3 Å². The molecular formula is C12H16F6O6S. The molecule has 25 heavy (non-hydrogen) atoms. The molecule has 1 aliphatic carbocycles. The van der Waals surface area contributed by atoms with E-state index in [1.165, 1.54) is 0 Å². The summed E-state index contributed by atoms with van der Waals surface area (Å²) in [7, 11) is -6.96. The molecule has 1 saturated carbocycles. The van der Waals surface area contributed by atoms with Gasteiger partial charge in [0.2, 0.25) is 0 Å². The summed E-state index contributed by atoms with van der Waals surface area (Å²) in [5, 5.41) is 8.94. The molecule has 148 valence electrons. The predicted molar refractivity (Wildman–Crippen MR) is 69.9 cm³/mol. The number of aliphatic hydroxyl groups is 1. The fourth-order valence-electron chi connectivity index (χ4n) is 2.67. The van der Waals surface area contributed by atoms with Crippen LogP contribution >= 0.6 is 0 Å². The lowest BCUT2D eigenvalue weighted by Crippen LogP contribution is -2.67. The molecule has 0 aromatic rings. The van der Waals surface area contributed by atoms with Crippen molar-refractivity contribution in [2.75, 3.05) is 13.2 Å². The van der Waals surface area contributed by atoms with E-state index >= 15 is 0 Å². The van der Waals surface area contributed by atoms with Crippen LogP contribution in [0.1, 0.15) is 25.7 Å². The van der Waals surface area contributed by atoms with Crippen molar-refractivity contribution in [3.63, 3.8) is 0 Å². The van der Waals surface area contributed by atoms with E-state index in [2.05, 4.69) is 4.74 Å². The molecule has 0 atom stereocenters. The normalized spacial score (nSPS) is 23.4. The van der Waals surface area contributed by atoms with Gasteiger partial charge in [-0.15, -0.1) is 0 Å². The molecule has 6 nitrogen and oxygen atoms in total. The number of ether oxygens (including phenoxy) is 1. The molecule has 2 N–H and O–H groups in total. The maximum absolute atomic E-state index is 12.9. The number of aliphatic hydroxyl groups excluding tert-OH is 1. The third-order valence-corrected chi connectivity index (χ3v) is 5.55. The molecule has 0 aromatic carbocycles. The summed E-state index contributed by atoms with van der Waals surface area (Å²) in [6.07, 6.45) is -11.9. The average Bonchev–Trinajstić information content (AvgIpc) is 2.41. The topological polar surface area (TPSA) is 101 Å². The first-order valence-electron chi connectivity index (χ1n) is 7.07. The number of carbonyl (C=O) groups excluding carboxylic acids is 1. The molecule has 0 radical (unpaired) electrons. The minimum atomic E-state index is -6.96. The van der Waals surface area contributed by atoms with Crippen LogP contribution in [0.25, 0.3) is 0 Å². The molecule has 0 amide bonds. The number of esters is 1. The van der Waals surface area contributed by atoms with Crippen molar-refractivity contribution < 1.29 is 54.0 Å². The summed E-state index contributed by atoms with van der Waals surface area (Å²) in [6, 6.07) is 0. The van der Waals surface area contributed by atoms with E-state index in [0.717, 1.165) is 0 Å². The van der Waals surface area contributed by atoms with Crippen LogP contribution in [0, 0.1) is 11.8 Å². The van der Waals surface area contributed by atoms with Gasteiger partial charge in [0.05, 0.1) is 6.61 Å². The SMILES string of the molecule is O=C(OCC1CCC(CO)CC1)C(C(F)(F)F)(C(F)(F)F)S(=O)(=O)O. The molecule has 1 rings (SSSR count). The van der Waals surface area contributed by atoms with Crippen molar-refractivity contribution in [2.24, 2.45) is 11.8 Å². The fourth-order valence-corrected chi connectivity index (χ4v) is 3.52. The van der Waals surface area contributed by atoms with Crippen molar-refractivity contribution >= 4 is 16.1 Å². The van der Waals surface area contributed by atoms with Crippen LogP contribution in [0.5, 0.6) is 0 Å². The maximum Gasteiger partial charge on any atom is 0.430 e. The Morgan fingerprint density at radius 2 is 1.36 bits per heavy atom. The van der Waals surface area contributed by atoms with E-state index < -0.39 is 45.7 Å². The number of rotatable bonds is 5. The quantitative estimate of drug-likeness (QED) is 0.415. The lowest BCUT2D eigenvalue weighted by atomic mass is 9.83. The largest absolute Gasteiger partial charge is 0.464 e. The highest BCUT2D eigenvalue weighted by molar-refractivity contribution is 7.88. The molecule has 1 fully saturated rings. The summed E-state index contributed by atoms with van der Waals surface area (Å²) in [5.41, 5.74) is 0. The predicted octanol–water partition coefficient (Wildman–Crippen LogP) is 2.08. The Balaban J connectivity index is 3.03. The van der Waals surface area contributed by atoms with Gasteiger partial charge in [0.15, 0.2) is 0 Å². The number of alkyl halides is 6. The Labute approximate surface area is 138 Å². The number of halogens is 6. The lowest BCUT2D eigenvalue weighted by Gasteiger charge is -2.33. The first-order chi connectivity index (χ1) is 11.2. The summed E-state index contributed by atoms with van der Waals surface area (Å²) in [4.78, 5) is 11.5. The summed E-state index contributed by atoms with van der Waals surface area (Å²) in [6.45, 7) is -0.985. The number of hydrogen-bond donors (Lipinski definition) is 2. The summed E-state index contributed by atoms with van der Waals surface area (Å²) >= 11 is 0. The monoisotopic (exact) mass is 402 g/mol. The molecule has 0 saturated heterocycles. The van der Waals surface area contributed by atoms with E-state index in [-0.39, 0.29) is 25.4 Å². The Bertz CT molecular complexity index is 562. The Morgan fingerprint density at radius 1 is 0.960 bits per heavy atom. The van der Waals surface area contributed by atoms with Crippen LogP contribution in [0.15, 0.2) is 0 Å². The minimum absolute atomic E-state index is 0.0609. The zero-order chi connectivity index (χ0) is 19.7. The maximum atomic E-state index is 12.9. The third-order valence-electron chi connectivity index (χ3n) is 4.15. The molecule has 0 aliphatic heterocycles. The van der Waals surface area contributed by atoms with Gasteiger partial charge in [0, 0.05) is 6.61 Å². The van der Waals surface area contributed by atoms with Crippen molar-refractivity contribution in [1.82, 2.24) is 0 Å². The smallest absolute Gasteiger partial charge is 0.430 e. The Kier molecular flexibility index (Phi) is 6.39. The molecule has 1 aliphatic rings. The van der Waals surface area contributed by atoms with Gasteiger partial charge < -0.3 is 9.84 Å². The average molecular weight is 402 g/mol. The second kappa shape index (κ2) is 7.27. The summed E-state index contributed by atoms with van der Waals surface area (Å²) < 4.78 is 106. The number of hydrogen-bond acceptors (Lipinski definition) is 5. The standard InChI is InChI=1S/C12H16F6O6S/c13-11(14,15)10(12(16,17)18,25(21,22)23)9(20)24-6-8-3-1-7(5-19)2-4-8/h7-8,19H,1-6H2,(H,21,22,23). The zero-order valence-corrected chi connectivity index (χ0v) is 13.4. The highest BCUT2D eigenvalue weighted by Crippen LogP contribution is 2.49. The minimum Gasteiger partial charge on any atom is -0.464 e. The van der Waals surface area contributed by atoms with E-state index in [0.29, 0.717) is 12.8 Å². The third kappa shape index (κ3) is 4.19. The van der Waals surface area contributed by atoms with Gasteiger partial charge in [0.1, 0.15) is 0 Å². The zero-order valence-electron chi connectivity index (χ0n) is 12.6. The van der Waals surface area contributed by atoms with E-state index in [9.17, 15) is 39.6 Å². The molecule has 0 heterocycles. The van der Waals surface area contributed by atoms with E-state index in [4.69, 9.17) is 9.66 Å². The first kappa shape index (κ1) is 22.0. The molecule has 0 bridgehead atoms. The van der Waals surface area contributed by atoms with Gasteiger partial charge >= 0.3 is 33.2 Å². The Hall–Kier alpha value is -1.08. The van der Waals surface area contributed by atoms with Gasteiger partial charge in [-0.2, -0.15) is 34.8 Å². The molecule has 0 spiro atoms. The Morgan fingerprint density at radius 3 is 1.68 bits per heavy atom. The number of carbonyl (C=O) groups is 1. The van der Waals surface area contributed by atoms with Crippen molar-refractivity contribution in [2.45, 2.75) is 42.8 Å². The van der Waals surface area contributed by atoms with Gasteiger partial charge in [-0.05, 0) is 37.5 Å². The van der Waals surface area contributed by atoms with Crippen LogP contribution in [-0.4, -0.2) is 54.4 Å². The molecular weight excluding hydrogens is 386 g/mol. The molecule has 0 unspecified atom stereocenters. The van der Waals surface area contributed by atoms with Gasteiger partial charge in [-0.25, -0.2) is 4.79 Å². The second-order valence-corrected chi connectivity index (χ2v) is 7.38. The van der Waals surface area contributed by atoms with Crippen LogP contribution in [-0.2, 0) is 19.6 Å². The van der Waals surface area contributed by atoms with E-state index in [1.807, 2.05) is 0 Å². The fraction of sp³-hybridized carbons (Fsp3) is 0.917. The van der Waals surface area contributed by atoms with Crippen molar-refractivity contribution in [3.05, 3.63) is 0 Å². The second-order valence-electron chi connectivity index (χ2n) is 5.82. The van der Waals surface area contributed by atoms with Gasteiger partial charge in [-0.1, -0.05) is 0 Å². The molecule has 0 aromatic heterocycles. The first-order valence-corrected chi connectivity index (χ1v) is 8.51. The van der Waals surface area contributed by atoms with Gasteiger partial charge in [0.25, 0.3) is 0 Å². The highest BCUT2D eigenvalue weighted by atomic mass is 32.2. The summed E-state index contributed by atoms with van der Waals surface area (Å²) in [5.74, 6) is -3.78.